The lowest BCUT2D eigenvalue weighted by Crippen LogP contribution is -2.33. The summed E-state index contributed by atoms with van der Waals surface area (Å²) in [7, 11) is 0. The van der Waals surface area contributed by atoms with Crippen LogP contribution < -0.4 is 5.73 Å². The van der Waals surface area contributed by atoms with E-state index in [2.05, 4.69) is 0 Å². The highest BCUT2D eigenvalue weighted by molar-refractivity contribution is 6.34. The van der Waals surface area contributed by atoms with E-state index in [0.717, 1.165) is 12.8 Å². The Labute approximate surface area is 115 Å². The Morgan fingerprint density at radius 1 is 1.58 bits per heavy atom. The third-order valence-corrected chi connectivity index (χ3v) is 3.68. The lowest BCUT2D eigenvalue weighted by atomic mass is 10.1. The predicted molar refractivity (Wildman–Crippen MR) is 72.3 cm³/mol. The minimum absolute atomic E-state index is 0.0319. The summed E-state index contributed by atoms with van der Waals surface area (Å²) in [5, 5.41) is 10.9. The number of anilines is 1. The fourth-order valence-corrected chi connectivity index (χ4v) is 2.49. The minimum atomic E-state index is -0.634. The zero-order valence-electron chi connectivity index (χ0n) is 10.4. The fraction of sp³-hybridized carbons (Fsp3) is 0.417. The summed E-state index contributed by atoms with van der Waals surface area (Å²) in [6.45, 7) is 2.62. The van der Waals surface area contributed by atoms with Gasteiger partial charge in [-0.2, -0.15) is 0 Å². The molecule has 1 aromatic rings. The molecular weight excluding hydrogens is 270 g/mol. The molecule has 0 aliphatic carbocycles. The topological polar surface area (TPSA) is 89.5 Å². The Bertz CT molecular complexity index is 547. The normalized spacial score (nSPS) is 18.6. The Kier molecular flexibility index (Phi) is 3.61. The summed E-state index contributed by atoms with van der Waals surface area (Å²) in [4.78, 5) is 24.2. The van der Waals surface area contributed by atoms with Gasteiger partial charge >= 0.3 is 0 Å². The van der Waals surface area contributed by atoms with Gasteiger partial charge in [-0.15, -0.1) is 0 Å². The highest BCUT2D eigenvalue weighted by Gasteiger charge is 2.28. The second kappa shape index (κ2) is 5.05. The Hall–Kier alpha value is -1.82. The molecule has 1 heterocycles. The van der Waals surface area contributed by atoms with Gasteiger partial charge in [0.05, 0.1) is 9.95 Å². The number of hydrogen-bond donors (Lipinski definition) is 1. The molecule has 6 nitrogen and oxygen atoms in total. The molecule has 1 aliphatic heterocycles. The van der Waals surface area contributed by atoms with Gasteiger partial charge in [-0.25, -0.2) is 0 Å². The molecule has 2 rings (SSSR count). The van der Waals surface area contributed by atoms with Crippen LogP contribution in [0.4, 0.5) is 11.4 Å². The van der Waals surface area contributed by atoms with Crippen molar-refractivity contribution in [3.63, 3.8) is 0 Å². The van der Waals surface area contributed by atoms with Gasteiger partial charge in [-0.05, 0) is 25.8 Å². The van der Waals surface area contributed by atoms with Crippen molar-refractivity contribution in [3.8, 4) is 0 Å². The summed E-state index contributed by atoms with van der Waals surface area (Å²) in [6.07, 6.45) is 1.88. The number of halogens is 1. The molecule has 1 aromatic carbocycles. The molecule has 2 N–H and O–H groups in total. The van der Waals surface area contributed by atoms with Crippen LogP contribution in [0.1, 0.15) is 30.1 Å². The maximum atomic E-state index is 12.3. The van der Waals surface area contributed by atoms with Crippen molar-refractivity contribution in [3.05, 3.63) is 32.8 Å². The van der Waals surface area contributed by atoms with Crippen LogP contribution in [0.25, 0.3) is 0 Å². The molecule has 19 heavy (non-hydrogen) atoms. The summed E-state index contributed by atoms with van der Waals surface area (Å²) in [5.74, 6) is -0.241. The van der Waals surface area contributed by atoms with Gasteiger partial charge in [0, 0.05) is 24.2 Å². The summed E-state index contributed by atoms with van der Waals surface area (Å²) >= 11 is 5.85. The second-order valence-corrected chi connectivity index (χ2v) is 5.04. The van der Waals surface area contributed by atoms with Crippen LogP contribution in [0.15, 0.2) is 12.1 Å². The Balaban J connectivity index is 2.40. The smallest absolute Gasteiger partial charge is 0.294 e. The number of nitrogens with zero attached hydrogens (tertiary/aromatic N) is 2. The molecule has 0 spiro atoms. The molecule has 0 radical (unpaired) electrons. The highest BCUT2D eigenvalue weighted by Crippen LogP contribution is 2.32. The van der Waals surface area contributed by atoms with E-state index in [1.807, 2.05) is 6.92 Å². The van der Waals surface area contributed by atoms with E-state index in [9.17, 15) is 14.9 Å². The van der Waals surface area contributed by atoms with Crippen LogP contribution in [0.2, 0.25) is 5.02 Å². The van der Waals surface area contributed by atoms with Gasteiger partial charge in [0.25, 0.3) is 11.6 Å². The standard InChI is InChI=1S/C12H14ClN3O3/c1-7-3-2-4-15(7)12(17)8-5-9(13)11(14)10(6-8)16(18)19/h5-7H,2-4,14H2,1H3. The largest absolute Gasteiger partial charge is 0.392 e. The van der Waals surface area contributed by atoms with Crippen LogP contribution in [0.5, 0.6) is 0 Å². The van der Waals surface area contributed by atoms with E-state index in [-0.39, 0.29) is 33.9 Å². The second-order valence-electron chi connectivity index (χ2n) is 4.64. The van der Waals surface area contributed by atoms with Crippen molar-refractivity contribution in [1.82, 2.24) is 4.90 Å². The van der Waals surface area contributed by atoms with E-state index >= 15 is 0 Å². The number of benzene rings is 1. The van der Waals surface area contributed by atoms with Crippen molar-refractivity contribution in [2.24, 2.45) is 0 Å². The third kappa shape index (κ3) is 2.49. The first-order valence-electron chi connectivity index (χ1n) is 5.96. The number of nitro benzene ring substituents is 1. The fourth-order valence-electron chi connectivity index (χ4n) is 2.28. The monoisotopic (exact) mass is 283 g/mol. The van der Waals surface area contributed by atoms with Gasteiger partial charge in [0.2, 0.25) is 0 Å². The van der Waals surface area contributed by atoms with E-state index in [1.54, 1.807) is 4.90 Å². The number of nitro groups is 1. The van der Waals surface area contributed by atoms with Crippen molar-refractivity contribution in [1.29, 1.82) is 0 Å². The number of likely N-dealkylation sites (tertiary alicyclic amines) is 1. The van der Waals surface area contributed by atoms with Crippen LogP contribution in [-0.4, -0.2) is 28.3 Å². The van der Waals surface area contributed by atoms with Crippen LogP contribution in [-0.2, 0) is 0 Å². The van der Waals surface area contributed by atoms with Crippen molar-refractivity contribution in [2.75, 3.05) is 12.3 Å². The molecule has 7 heteroatoms. The molecule has 0 aromatic heterocycles. The SMILES string of the molecule is CC1CCCN1C(=O)c1cc(Cl)c(N)c([N+](=O)[O-])c1. The summed E-state index contributed by atoms with van der Waals surface area (Å²) in [6, 6.07) is 2.72. The molecule has 0 saturated carbocycles. The van der Waals surface area contributed by atoms with Gasteiger partial charge in [0.15, 0.2) is 0 Å². The van der Waals surface area contributed by atoms with Crippen LogP contribution in [0, 0.1) is 10.1 Å². The maximum Gasteiger partial charge on any atom is 0.294 e. The van der Waals surface area contributed by atoms with Gasteiger partial charge in [-0.3, -0.25) is 14.9 Å². The van der Waals surface area contributed by atoms with E-state index < -0.39 is 4.92 Å². The molecule has 1 fully saturated rings. The number of carbonyl (C=O) groups is 1. The third-order valence-electron chi connectivity index (χ3n) is 3.37. The first-order chi connectivity index (χ1) is 8.91. The summed E-state index contributed by atoms with van der Waals surface area (Å²) in [5.41, 5.74) is 5.30. The van der Waals surface area contributed by atoms with Crippen molar-refractivity contribution in [2.45, 2.75) is 25.8 Å². The zero-order valence-corrected chi connectivity index (χ0v) is 11.2. The number of amides is 1. The molecular formula is C12H14ClN3O3. The summed E-state index contributed by atoms with van der Waals surface area (Å²) < 4.78 is 0. The Morgan fingerprint density at radius 3 is 2.79 bits per heavy atom. The van der Waals surface area contributed by atoms with Crippen LogP contribution >= 0.6 is 11.6 Å². The molecule has 102 valence electrons. The Morgan fingerprint density at radius 2 is 2.26 bits per heavy atom. The number of nitrogen functional groups attached to an aromatic ring is 1. The molecule has 1 aliphatic rings. The average Bonchev–Trinajstić information content (AvgIpc) is 2.77. The van der Waals surface area contributed by atoms with Crippen molar-refractivity contribution < 1.29 is 9.72 Å². The molecule has 1 amide bonds. The van der Waals surface area contributed by atoms with Gasteiger partial charge in [-0.1, -0.05) is 11.6 Å². The average molecular weight is 284 g/mol. The first-order valence-corrected chi connectivity index (χ1v) is 6.34. The zero-order chi connectivity index (χ0) is 14.2. The number of nitrogens with two attached hydrogens (primary N) is 1. The highest BCUT2D eigenvalue weighted by atomic mass is 35.5. The lowest BCUT2D eigenvalue weighted by molar-refractivity contribution is -0.383. The molecule has 1 atom stereocenters. The lowest BCUT2D eigenvalue weighted by Gasteiger charge is -2.21. The first kappa shape index (κ1) is 13.6. The molecule has 1 unspecified atom stereocenters. The predicted octanol–water partition coefficient (Wildman–Crippen LogP) is 2.45. The van der Waals surface area contributed by atoms with Gasteiger partial charge in [0.1, 0.15) is 5.69 Å². The minimum Gasteiger partial charge on any atom is -0.392 e. The van der Waals surface area contributed by atoms with Crippen molar-refractivity contribution >= 4 is 28.9 Å². The van der Waals surface area contributed by atoms with E-state index in [1.165, 1.54) is 12.1 Å². The number of carbonyl (C=O) groups excluding carboxylic acids is 1. The molecule has 1 saturated heterocycles. The van der Waals surface area contributed by atoms with Gasteiger partial charge < -0.3 is 10.6 Å². The maximum absolute atomic E-state index is 12.3. The quantitative estimate of drug-likeness (QED) is 0.513. The van der Waals surface area contributed by atoms with Crippen LogP contribution in [0.3, 0.4) is 0 Å². The molecule has 0 bridgehead atoms. The van der Waals surface area contributed by atoms with E-state index in [4.69, 9.17) is 17.3 Å². The van der Waals surface area contributed by atoms with E-state index in [0.29, 0.717) is 6.54 Å². The number of rotatable bonds is 2. The number of hydrogen-bond acceptors (Lipinski definition) is 4.